The molecule has 1 fully saturated rings. The highest BCUT2D eigenvalue weighted by Gasteiger charge is 2.37. The Balaban J connectivity index is 2.82. The number of esters is 1. The Morgan fingerprint density at radius 3 is 2.08 bits per heavy atom. The molecule has 24 heavy (non-hydrogen) atoms. The van der Waals surface area contributed by atoms with Crippen LogP contribution >= 0.6 is 0 Å². The van der Waals surface area contributed by atoms with E-state index < -0.39 is 47.0 Å². The van der Waals surface area contributed by atoms with Gasteiger partial charge in [0.2, 0.25) is 11.8 Å². The average Bonchev–Trinajstić information content (AvgIpc) is 2.62. The molecule has 0 saturated carbocycles. The molecule has 1 aliphatic heterocycles. The van der Waals surface area contributed by atoms with Crippen LogP contribution in [0.1, 0.15) is 54.4 Å². The highest BCUT2D eigenvalue weighted by Crippen LogP contribution is 2.20. The molecule has 0 radical (unpaired) electrons. The summed E-state index contributed by atoms with van der Waals surface area (Å²) in [5, 5.41) is 4.61. The molecule has 1 heterocycles. The maximum absolute atomic E-state index is 12.3. The minimum atomic E-state index is -1.08. The SMILES string of the molecule is CC(C)(C)OC(=O)N[C@@H](C[C@@H]1CC(=O)NC1=O)C(=O)OC(C)(C)C. The summed E-state index contributed by atoms with van der Waals surface area (Å²) in [4.78, 5) is 47.3. The fraction of sp³-hybridized carbons (Fsp3) is 0.750. The quantitative estimate of drug-likeness (QED) is 0.588. The van der Waals surface area contributed by atoms with Crippen molar-refractivity contribution in [2.75, 3.05) is 0 Å². The number of nitrogens with one attached hydrogen (secondary N) is 2. The molecule has 8 nitrogen and oxygen atoms in total. The van der Waals surface area contributed by atoms with Crippen molar-refractivity contribution < 1.29 is 28.7 Å². The van der Waals surface area contributed by atoms with Crippen LogP contribution in [0.15, 0.2) is 0 Å². The molecule has 0 aromatic heterocycles. The number of carbonyl (C=O) groups excluding carboxylic acids is 4. The summed E-state index contributed by atoms with van der Waals surface area (Å²) in [5.74, 6) is -2.23. The Hall–Kier alpha value is -2.12. The smallest absolute Gasteiger partial charge is 0.408 e. The largest absolute Gasteiger partial charge is 0.458 e. The molecule has 2 atom stereocenters. The standard InChI is InChI=1S/C16H26N2O6/c1-15(2,3)23-13(21)10(17-14(22)24-16(4,5)6)7-9-8-11(19)18-12(9)20/h9-10H,7-8H2,1-6H3,(H,17,22)(H,18,19,20)/t9-,10+/m1/s1. The van der Waals surface area contributed by atoms with Crippen molar-refractivity contribution in [3.05, 3.63) is 0 Å². The fourth-order valence-corrected chi connectivity index (χ4v) is 2.12. The third kappa shape index (κ3) is 6.97. The van der Waals surface area contributed by atoms with Gasteiger partial charge in [0.05, 0.1) is 0 Å². The number of hydrogen-bond donors (Lipinski definition) is 2. The first-order valence-electron chi connectivity index (χ1n) is 7.83. The number of amides is 3. The highest BCUT2D eigenvalue weighted by atomic mass is 16.6. The van der Waals surface area contributed by atoms with Crippen molar-refractivity contribution in [2.24, 2.45) is 5.92 Å². The van der Waals surface area contributed by atoms with E-state index in [2.05, 4.69) is 10.6 Å². The number of imide groups is 1. The molecule has 0 aliphatic carbocycles. The van der Waals surface area contributed by atoms with Gasteiger partial charge >= 0.3 is 12.1 Å². The van der Waals surface area contributed by atoms with E-state index in [0.717, 1.165) is 0 Å². The van der Waals surface area contributed by atoms with E-state index in [1.54, 1.807) is 41.5 Å². The first-order valence-corrected chi connectivity index (χ1v) is 7.83. The van der Waals surface area contributed by atoms with Gasteiger partial charge in [-0.25, -0.2) is 9.59 Å². The topological polar surface area (TPSA) is 111 Å². The van der Waals surface area contributed by atoms with Gasteiger partial charge in [-0.15, -0.1) is 0 Å². The van der Waals surface area contributed by atoms with Crippen LogP contribution in [0.2, 0.25) is 0 Å². The summed E-state index contributed by atoms with van der Waals surface area (Å²) in [6.45, 7) is 10.2. The normalized spacial score (nSPS) is 19.5. The Kier molecular flexibility index (Phi) is 5.97. The lowest BCUT2D eigenvalue weighted by molar-refractivity contribution is -0.158. The second kappa shape index (κ2) is 7.19. The summed E-state index contributed by atoms with van der Waals surface area (Å²) < 4.78 is 10.4. The van der Waals surface area contributed by atoms with Gasteiger partial charge < -0.3 is 14.8 Å². The summed E-state index contributed by atoms with van der Waals surface area (Å²) in [7, 11) is 0. The highest BCUT2D eigenvalue weighted by molar-refractivity contribution is 6.03. The molecule has 136 valence electrons. The Labute approximate surface area is 141 Å². The maximum Gasteiger partial charge on any atom is 0.408 e. The molecule has 0 bridgehead atoms. The summed E-state index contributed by atoms with van der Waals surface area (Å²) in [6, 6.07) is -1.08. The van der Waals surface area contributed by atoms with Crippen LogP contribution in [0.25, 0.3) is 0 Å². The second-order valence-electron chi connectivity index (χ2n) is 7.78. The van der Waals surface area contributed by atoms with Gasteiger partial charge in [0, 0.05) is 12.3 Å². The van der Waals surface area contributed by atoms with E-state index in [1.807, 2.05) is 0 Å². The van der Waals surface area contributed by atoms with E-state index >= 15 is 0 Å². The molecule has 8 heteroatoms. The predicted octanol–water partition coefficient (Wildman–Crippen LogP) is 1.27. The molecule has 1 aliphatic rings. The maximum atomic E-state index is 12.3. The van der Waals surface area contributed by atoms with Crippen LogP contribution in [0.3, 0.4) is 0 Å². The number of carbonyl (C=O) groups is 4. The van der Waals surface area contributed by atoms with E-state index in [0.29, 0.717) is 0 Å². The molecule has 0 unspecified atom stereocenters. The molecular formula is C16H26N2O6. The minimum absolute atomic E-state index is 0.0197. The fourth-order valence-electron chi connectivity index (χ4n) is 2.12. The summed E-state index contributed by atoms with van der Waals surface area (Å²) in [6.07, 6.45) is -0.845. The van der Waals surface area contributed by atoms with Crippen molar-refractivity contribution in [2.45, 2.75) is 71.6 Å². The number of rotatable bonds is 4. The van der Waals surface area contributed by atoms with E-state index in [4.69, 9.17) is 9.47 Å². The van der Waals surface area contributed by atoms with E-state index in [9.17, 15) is 19.2 Å². The molecular weight excluding hydrogens is 316 g/mol. The Morgan fingerprint density at radius 1 is 1.12 bits per heavy atom. The molecule has 0 spiro atoms. The van der Waals surface area contributed by atoms with Crippen LogP contribution in [0.5, 0.6) is 0 Å². The molecule has 1 saturated heterocycles. The van der Waals surface area contributed by atoms with Crippen LogP contribution in [0.4, 0.5) is 4.79 Å². The van der Waals surface area contributed by atoms with Crippen LogP contribution in [-0.2, 0) is 23.9 Å². The van der Waals surface area contributed by atoms with Crippen LogP contribution in [0, 0.1) is 5.92 Å². The third-order valence-corrected chi connectivity index (χ3v) is 2.97. The molecule has 2 N–H and O–H groups in total. The number of ether oxygens (including phenoxy) is 2. The lowest BCUT2D eigenvalue weighted by Crippen LogP contribution is -2.47. The van der Waals surface area contributed by atoms with Gasteiger partial charge in [-0.3, -0.25) is 14.9 Å². The lowest BCUT2D eigenvalue weighted by Gasteiger charge is -2.27. The second-order valence-corrected chi connectivity index (χ2v) is 7.78. The minimum Gasteiger partial charge on any atom is -0.458 e. The molecule has 0 aromatic carbocycles. The lowest BCUT2D eigenvalue weighted by atomic mass is 9.98. The van der Waals surface area contributed by atoms with Crippen molar-refractivity contribution in [3.8, 4) is 0 Å². The Bertz CT molecular complexity index is 530. The van der Waals surface area contributed by atoms with Crippen LogP contribution in [-0.4, -0.2) is 41.1 Å². The predicted molar refractivity (Wildman–Crippen MR) is 84.9 cm³/mol. The average molecular weight is 342 g/mol. The van der Waals surface area contributed by atoms with Gasteiger partial charge in [-0.1, -0.05) is 0 Å². The van der Waals surface area contributed by atoms with Gasteiger partial charge in [-0.05, 0) is 48.0 Å². The monoisotopic (exact) mass is 342 g/mol. The first kappa shape index (κ1) is 19.9. The van der Waals surface area contributed by atoms with Gasteiger partial charge in [0.1, 0.15) is 17.2 Å². The third-order valence-electron chi connectivity index (χ3n) is 2.97. The van der Waals surface area contributed by atoms with Gasteiger partial charge in [-0.2, -0.15) is 0 Å². The zero-order valence-corrected chi connectivity index (χ0v) is 15.0. The van der Waals surface area contributed by atoms with Crippen molar-refractivity contribution >= 4 is 23.9 Å². The molecule has 0 aromatic rings. The van der Waals surface area contributed by atoms with Gasteiger partial charge in [0.25, 0.3) is 0 Å². The summed E-state index contributed by atoms with van der Waals surface area (Å²) in [5.41, 5.74) is -1.48. The summed E-state index contributed by atoms with van der Waals surface area (Å²) >= 11 is 0. The zero-order chi connectivity index (χ0) is 18.7. The van der Waals surface area contributed by atoms with E-state index in [1.165, 1.54) is 0 Å². The van der Waals surface area contributed by atoms with Crippen molar-refractivity contribution in [1.82, 2.24) is 10.6 Å². The zero-order valence-electron chi connectivity index (χ0n) is 15.0. The van der Waals surface area contributed by atoms with Gasteiger partial charge in [0.15, 0.2) is 0 Å². The number of alkyl carbamates (subject to hydrolysis) is 1. The molecule has 1 rings (SSSR count). The van der Waals surface area contributed by atoms with Crippen molar-refractivity contribution in [1.29, 1.82) is 0 Å². The molecule has 3 amide bonds. The van der Waals surface area contributed by atoms with Crippen LogP contribution < -0.4 is 10.6 Å². The van der Waals surface area contributed by atoms with E-state index in [-0.39, 0.29) is 12.8 Å². The Morgan fingerprint density at radius 2 is 1.67 bits per heavy atom. The first-order chi connectivity index (χ1) is 10.8. The van der Waals surface area contributed by atoms with Crippen molar-refractivity contribution in [3.63, 3.8) is 0 Å². The number of hydrogen-bond acceptors (Lipinski definition) is 6.